The molecular formula is C18H21N3O. The summed E-state index contributed by atoms with van der Waals surface area (Å²) in [6.45, 7) is 2.12. The van der Waals surface area contributed by atoms with Gasteiger partial charge < -0.3 is 0 Å². The molecule has 0 saturated carbocycles. The van der Waals surface area contributed by atoms with Crippen molar-refractivity contribution < 1.29 is 4.79 Å². The van der Waals surface area contributed by atoms with Crippen LogP contribution in [0, 0.1) is 0 Å². The number of rotatable bonds is 7. The molecule has 0 aliphatic carbocycles. The molecule has 0 fully saturated rings. The zero-order valence-corrected chi connectivity index (χ0v) is 12.8. The van der Waals surface area contributed by atoms with E-state index < -0.39 is 0 Å². The predicted molar refractivity (Wildman–Crippen MR) is 88.6 cm³/mol. The molecule has 1 aromatic carbocycles. The van der Waals surface area contributed by atoms with E-state index in [4.69, 9.17) is 0 Å². The van der Waals surface area contributed by atoms with Gasteiger partial charge in [0, 0.05) is 18.2 Å². The number of hydrazone groups is 1. The van der Waals surface area contributed by atoms with Crippen LogP contribution in [-0.2, 0) is 4.79 Å². The highest BCUT2D eigenvalue weighted by Gasteiger charge is 2.09. The van der Waals surface area contributed by atoms with Crippen LogP contribution in [0.4, 0.5) is 0 Å². The number of pyridine rings is 1. The van der Waals surface area contributed by atoms with Crippen molar-refractivity contribution in [2.24, 2.45) is 5.10 Å². The van der Waals surface area contributed by atoms with Crippen LogP contribution < -0.4 is 5.43 Å². The third kappa shape index (κ3) is 4.81. The summed E-state index contributed by atoms with van der Waals surface area (Å²) in [5.41, 5.74) is 4.98. The van der Waals surface area contributed by atoms with Gasteiger partial charge in [-0.05, 0) is 18.6 Å². The fraction of sp³-hybridized carbons (Fsp3) is 0.278. The lowest BCUT2D eigenvalue weighted by atomic mass is 10.1. The van der Waals surface area contributed by atoms with E-state index in [1.807, 2.05) is 48.5 Å². The summed E-state index contributed by atoms with van der Waals surface area (Å²) < 4.78 is 0. The largest absolute Gasteiger partial charge is 0.273 e. The van der Waals surface area contributed by atoms with Crippen LogP contribution >= 0.6 is 0 Å². The normalized spacial score (nSPS) is 11.2. The Kier molecular flexibility index (Phi) is 6.30. The van der Waals surface area contributed by atoms with E-state index in [9.17, 15) is 4.79 Å². The fourth-order valence-corrected chi connectivity index (χ4v) is 2.08. The molecule has 2 aromatic rings. The van der Waals surface area contributed by atoms with Crippen LogP contribution in [0.25, 0.3) is 0 Å². The summed E-state index contributed by atoms with van der Waals surface area (Å²) in [4.78, 5) is 16.2. The average molecular weight is 295 g/mol. The first-order valence-electron chi connectivity index (χ1n) is 7.64. The first kappa shape index (κ1) is 15.9. The van der Waals surface area contributed by atoms with E-state index in [0.717, 1.165) is 30.5 Å². The number of carbonyl (C=O) groups is 1. The molecule has 0 bridgehead atoms. The van der Waals surface area contributed by atoms with Crippen molar-refractivity contribution in [1.29, 1.82) is 0 Å². The van der Waals surface area contributed by atoms with Crippen LogP contribution in [-0.4, -0.2) is 16.6 Å². The van der Waals surface area contributed by atoms with Gasteiger partial charge in [-0.3, -0.25) is 9.78 Å². The number of nitrogens with one attached hydrogen (secondary N) is 1. The van der Waals surface area contributed by atoms with Gasteiger partial charge in [0.2, 0.25) is 5.91 Å². The van der Waals surface area contributed by atoms with Crippen LogP contribution in [0.5, 0.6) is 0 Å². The number of aromatic nitrogens is 1. The van der Waals surface area contributed by atoms with Gasteiger partial charge in [-0.25, -0.2) is 5.43 Å². The summed E-state index contributed by atoms with van der Waals surface area (Å²) in [6, 6.07) is 15.4. The lowest BCUT2D eigenvalue weighted by Crippen LogP contribution is -2.20. The first-order valence-corrected chi connectivity index (χ1v) is 7.64. The van der Waals surface area contributed by atoms with E-state index >= 15 is 0 Å². The average Bonchev–Trinajstić information content (AvgIpc) is 2.57. The minimum absolute atomic E-state index is 0.0576. The van der Waals surface area contributed by atoms with E-state index in [1.54, 1.807) is 6.20 Å². The summed E-state index contributed by atoms with van der Waals surface area (Å²) in [5, 5.41) is 4.30. The molecule has 0 radical (unpaired) electrons. The van der Waals surface area contributed by atoms with E-state index in [2.05, 4.69) is 22.4 Å². The van der Waals surface area contributed by atoms with Gasteiger partial charge in [0.15, 0.2) is 0 Å². The molecule has 0 spiro atoms. The molecule has 0 aliphatic rings. The Morgan fingerprint density at radius 1 is 1.09 bits per heavy atom. The highest BCUT2D eigenvalue weighted by Crippen LogP contribution is 2.08. The molecule has 114 valence electrons. The van der Waals surface area contributed by atoms with Gasteiger partial charge in [-0.15, -0.1) is 0 Å². The Morgan fingerprint density at radius 2 is 1.86 bits per heavy atom. The molecule has 0 atom stereocenters. The topological polar surface area (TPSA) is 54.4 Å². The fourth-order valence-electron chi connectivity index (χ4n) is 2.08. The van der Waals surface area contributed by atoms with Crippen molar-refractivity contribution in [3.8, 4) is 0 Å². The van der Waals surface area contributed by atoms with Crippen LogP contribution in [0.3, 0.4) is 0 Å². The third-order valence-electron chi connectivity index (χ3n) is 3.25. The number of hydrogen-bond acceptors (Lipinski definition) is 3. The lowest BCUT2D eigenvalue weighted by molar-refractivity contribution is -0.121. The molecule has 1 aromatic heterocycles. The minimum atomic E-state index is -0.0576. The van der Waals surface area contributed by atoms with Crippen molar-refractivity contribution in [2.45, 2.75) is 32.6 Å². The highest BCUT2D eigenvalue weighted by molar-refractivity contribution is 6.11. The molecule has 0 unspecified atom stereocenters. The number of amides is 1. The Balaban J connectivity index is 2.15. The molecule has 2 rings (SSSR count). The molecule has 0 aliphatic heterocycles. The van der Waals surface area contributed by atoms with Crippen molar-refractivity contribution >= 4 is 11.6 Å². The molecule has 1 N–H and O–H groups in total. The molecule has 4 heteroatoms. The Morgan fingerprint density at radius 3 is 2.55 bits per heavy atom. The zero-order valence-electron chi connectivity index (χ0n) is 12.8. The smallest absolute Gasteiger partial charge is 0.240 e. The number of carbonyl (C=O) groups excluding carboxylic acids is 1. The van der Waals surface area contributed by atoms with Crippen LogP contribution in [0.15, 0.2) is 59.8 Å². The summed E-state index contributed by atoms with van der Waals surface area (Å²) >= 11 is 0. The second kappa shape index (κ2) is 8.72. The zero-order chi connectivity index (χ0) is 15.6. The SMILES string of the molecule is CCCCCC(=O)N/N=C(\c1ccccc1)c1ccccn1. The number of benzene rings is 1. The van der Waals surface area contributed by atoms with Crippen molar-refractivity contribution in [1.82, 2.24) is 10.4 Å². The van der Waals surface area contributed by atoms with Gasteiger partial charge in [0.25, 0.3) is 0 Å². The molecule has 1 heterocycles. The number of hydrogen-bond donors (Lipinski definition) is 1. The standard InChI is InChI=1S/C18H21N3O/c1-2-3-5-13-17(22)20-21-18(15-10-6-4-7-11-15)16-12-8-9-14-19-16/h4,6-12,14H,2-3,5,13H2,1H3,(H,20,22)/b21-18+. The van der Waals surface area contributed by atoms with E-state index in [-0.39, 0.29) is 5.91 Å². The van der Waals surface area contributed by atoms with Gasteiger partial charge >= 0.3 is 0 Å². The molecule has 22 heavy (non-hydrogen) atoms. The van der Waals surface area contributed by atoms with Gasteiger partial charge in [-0.2, -0.15) is 5.10 Å². The summed E-state index contributed by atoms with van der Waals surface area (Å²) in [7, 11) is 0. The monoisotopic (exact) mass is 295 g/mol. The van der Waals surface area contributed by atoms with Crippen molar-refractivity contribution in [3.05, 3.63) is 66.0 Å². The maximum atomic E-state index is 11.8. The van der Waals surface area contributed by atoms with Crippen molar-refractivity contribution in [3.63, 3.8) is 0 Å². The Labute approximate surface area is 131 Å². The lowest BCUT2D eigenvalue weighted by Gasteiger charge is -2.07. The second-order valence-electron chi connectivity index (χ2n) is 5.03. The molecular weight excluding hydrogens is 274 g/mol. The quantitative estimate of drug-likeness (QED) is 0.482. The summed E-state index contributed by atoms with van der Waals surface area (Å²) in [6.07, 6.45) is 5.27. The number of unbranched alkanes of at least 4 members (excludes halogenated alkanes) is 2. The van der Waals surface area contributed by atoms with Gasteiger partial charge in [0.05, 0.1) is 5.69 Å². The molecule has 1 amide bonds. The van der Waals surface area contributed by atoms with Crippen LogP contribution in [0.1, 0.15) is 43.9 Å². The maximum absolute atomic E-state index is 11.8. The minimum Gasteiger partial charge on any atom is -0.273 e. The predicted octanol–water partition coefficient (Wildman–Crippen LogP) is 3.53. The van der Waals surface area contributed by atoms with Gasteiger partial charge in [0.1, 0.15) is 5.71 Å². The van der Waals surface area contributed by atoms with Crippen molar-refractivity contribution in [2.75, 3.05) is 0 Å². The second-order valence-corrected chi connectivity index (χ2v) is 5.03. The maximum Gasteiger partial charge on any atom is 0.240 e. The van der Waals surface area contributed by atoms with E-state index in [0.29, 0.717) is 12.1 Å². The first-order chi connectivity index (χ1) is 10.8. The van der Waals surface area contributed by atoms with E-state index in [1.165, 1.54) is 0 Å². The van der Waals surface area contributed by atoms with Gasteiger partial charge in [-0.1, -0.05) is 56.2 Å². The molecule has 4 nitrogen and oxygen atoms in total. The van der Waals surface area contributed by atoms with Crippen LogP contribution in [0.2, 0.25) is 0 Å². The Hall–Kier alpha value is -2.49. The number of nitrogens with zero attached hydrogens (tertiary/aromatic N) is 2. The Bertz CT molecular complexity index is 567. The highest BCUT2D eigenvalue weighted by atomic mass is 16.2. The third-order valence-corrected chi connectivity index (χ3v) is 3.25. The molecule has 0 saturated heterocycles. The summed E-state index contributed by atoms with van der Waals surface area (Å²) in [5.74, 6) is -0.0576.